The summed E-state index contributed by atoms with van der Waals surface area (Å²) in [5, 5.41) is 24.0. The van der Waals surface area contributed by atoms with Gasteiger partial charge in [-0.05, 0) is 114 Å². The highest BCUT2D eigenvalue weighted by atomic mass is 16.4. The van der Waals surface area contributed by atoms with Crippen LogP contribution >= 0.6 is 0 Å². The highest BCUT2D eigenvalue weighted by Crippen LogP contribution is 2.32. The van der Waals surface area contributed by atoms with Gasteiger partial charge >= 0.3 is 5.97 Å². The van der Waals surface area contributed by atoms with Gasteiger partial charge in [0, 0.05) is 75.9 Å². The van der Waals surface area contributed by atoms with Gasteiger partial charge in [0.05, 0.1) is 18.7 Å². The number of nitrogens with two attached hydrogens (primary N) is 1. The first kappa shape index (κ1) is 70.9. The van der Waals surface area contributed by atoms with Gasteiger partial charge in [-0.3, -0.25) is 52.7 Å². The highest BCUT2D eigenvalue weighted by molar-refractivity contribution is 6.00. The molecule has 8 heterocycles. The molecule has 12 atom stereocenters. The molecular weight excluding hydrogens is 1200 g/mol. The molecule has 2 aromatic heterocycles. The monoisotopic (exact) mass is 1300 g/mol. The quantitative estimate of drug-likeness (QED) is 0.0573. The molecule has 2 aromatic rings. The minimum absolute atomic E-state index is 0.0373. The van der Waals surface area contributed by atoms with E-state index in [-0.39, 0.29) is 89.1 Å². The number of aromatic amines is 2. The van der Waals surface area contributed by atoms with Crippen molar-refractivity contribution in [2.45, 2.75) is 231 Å². The van der Waals surface area contributed by atoms with Crippen LogP contribution in [0.15, 0.2) is 25.0 Å². The van der Waals surface area contributed by atoms with Crippen LogP contribution in [0, 0.1) is 23.7 Å². The maximum atomic E-state index is 14.8. The molecule has 93 heavy (non-hydrogen) atoms. The van der Waals surface area contributed by atoms with Crippen molar-refractivity contribution in [1.82, 2.24) is 75.9 Å². The number of carbonyl (C=O) groups excluding carboxylic acids is 11. The van der Waals surface area contributed by atoms with Crippen molar-refractivity contribution >= 4 is 70.9 Å². The highest BCUT2D eigenvalue weighted by Gasteiger charge is 2.50. The van der Waals surface area contributed by atoms with E-state index in [4.69, 9.17) is 5.73 Å². The third kappa shape index (κ3) is 17.1. The molecule has 0 spiro atoms. The van der Waals surface area contributed by atoms with Crippen LogP contribution in [0.3, 0.4) is 0 Å². The van der Waals surface area contributed by atoms with E-state index in [0.29, 0.717) is 82.0 Å². The summed E-state index contributed by atoms with van der Waals surface area (Å²) in [6.45, 7) is 16.0. The van der Waals surface area contributed by atoms with Gasteiger partial charge in [0.1, 0.15) is 66.5 Å². The number of aliphatic carboxylic acids is 1. The van der Waals surface area contributed by atoms with Crippen molar-refractivity contribution in [3.8, 4) is 0 Å². The molecule has 8 rings (SSSR count). The Bertz CT molecular complexity index is 3010. The summed E-state index contributed by atoms with van der Waals surface area (Å²) in [4.78, 5) is 193. The molecule has 29 heteroatoms. The van der Waals surface area contributed by atoms with E-state index < -0.39 is 149 Å². The second kappa shape index (κ2) is 31.8. The normalized spacial score (nSPS) is 23.5. The number of carboxylic acids is 1. The molecule has 0 aromatic carbocycles. The molecule has 512 valence electrons. The zero-order chi connectivity index (χ0) is 67.5. The molecule has 0 bridgehead atoms. The number of likely N-dealkylation sites (tertiary alicyclic amines) is 6. The number of hydrogen-bond acceptors (Lipinski definition) is 15. The largest absolute Gasteiger partial charge is 0.480 e. The number of amides is 11. The van der Waals surface area contributed by atoms with E-state index >= 15 is 0 Å². The summed E-state index contributed by atoms with van der Waals surface area (Å²) < 4.78 is 0. The number of H-pyrrole nitrogens is 2. The molecule has 6 fully saturated rings. The van der Waals surface area contributed by atoms with E-state index in [1.165, 1.54) is 54.4 Å². The van der Waals surface area contributed by atoms with E-state index in [1.54, 1.807) is 27.7 Å². The summed E-state index contributed by atoms with van der Waals surface area (Å²) in [7, 11) is 0. The maximum absolute atomic E-state index is 14.8. The lowest BCUT2D eigenvalue weighted by Crippen LogP contribution is -2.61. The number of nitrogens with one attached hydrogen (secondary N) is 7. The Labute approximate surface area is 543 Å². The second-order valence-electron chi connectivity index (χ2n) is 27.5. The molecule has 6 aliphatic heterocycles. The first-order valence-electron chi connectivity index (χ1n) is 33.5. The number of carbonyl (C=O) groups is 12. The fourth-order valence-corrected chi connectivity index (χ4v) is 14.1. The summed E-state index contributed by atoms with van der Waals surface area (Å²) >= 11 is 0. The number of rotatable bonds is 27. The first-order chi connectivity index (χ1) is 44.2. The van der Waals surface area contributed by atoms with E-state index in [9.17, 15) is 62.6 Å². The van der Waals surface area contributed by atoms with Crippen LogP contribution in [0.5, 0.6) is 0 Å². The van der Waals surface area contributed by atoms with Crippen LogP contribution in [0.1, 0.15) is 157 Å². The van der Waals surface area contributed by atoms with Gasteiger partial charge in [-0.15, -0.1) is 0 Å². The molecular formula is C64H98N16O13. The fourth-order valence-electron chi connectivity index (χ4n) is 14.1. The van der Waals surface area contributed by atoms with Crippen LogP contribution in [-0.4, -0.2) is 237 Å². The average molecular weight is 1300 g/mol. The van der Waals surface area contributed by atoms with E-state index in [2.05, 4.69) is 46.5 Å². The Hall–Kier alpha value is -7.98. The second-order valence-corrected chi connectivity index (χ2v) is 27.5. The SMILES string of the molecule is CC(C)C[C@H](NC(=O)[C@H](Cc1cnc[nH]1)NC(=O)[C@@H](NC(=O)[C@@H]1CCCN1C(=O)[C@@H]1CCCN1C(=O)[C@@H]1CCCN1C(=O)[C@H](CC(C)C)NC(=O)[C@H](Cc1cnc[nH]1)NC(=O)[C@@H](N)C(C)C)C(C)C)C(=O)N1CCC[C@H]1C(=O)N1CCC[C@H]1C(=O)N1CCC[C@H]1C(=O)O. The lowest BCUT2D eigenvalue weighted by molar-refractivity contribution is -0.153. The molecule has 0 saturated carbocycles. The number of imidazole rings is 2. The topological polar surface area (TPSA) is 388 Å². The molecule has 0 unspecified atom stereocenters. The summed E-state index contributed by atoms with van der Waals surface area (Å²) in [6, 6.07) is -12.4. The van der Waals surface area contributed by atoms with Crippen LogP contribution in [-0.2, 0) is 70.4 Å². The third-order valence-electron chi connectivity index (χ3n) is 19.1. The van der Waals surface area contributed by atoms with Gasteiger partial charge in [0.2, 0.25) is 65.0 Å². The molecule has 10 N–H and O–H groups in total. The summed E-state index contributed by atoms with van der Waals surface area (Å²) in [6.07, 6.45) is 11.1. The molecule has 0 radical (unpaired) electrons. The molecule has 11 amide bonds. The zero-order valence-electron chi connectivity index (χ0n) is 55.1. The van der Waals surface area contributed by atoms with Gasteiger partial charge < -0.3 is 76.8 Å². The van der Waals surface area contributed by atoms with Crippen molar-refractivity contribution in [2.75, 3.05) is 39.3 Å². The van der Waals surface area contributed by atoms with Crippen molar-refractivity contribution in [2.24, 2.45) is 29.4 Å². The Kier molecular flexibility index (Phi) is 24.2. The zero-order valence-corrected chi connectivity index (χ0v) is 55.1. The van der Waals surface area contributed by atoms with Crippen molar-refractivity contribution in [1.29, 1.82) is 0 Å². The Morgan fingerprint density at radius 2 is 0.785 bits per heavy atom. The lowest BCUT2D eigenvalue weighted by atomic mass is 9.99. The van der Waals surface area contributed by atoms with Gasteiger partial charge in [-0.1, -0.05) is 55.4 Å². The number of nitrogens with zero attached hydrogens (tertiary/aromatic N) is 8. The van der Waals surface area contributed by atoms with Crippen molar-refractivity contribution in [3.05, 3.63) is 36.4 Å². The van der Waals surface area contributed by atoms with Gasteiger partial charge in [-0.2, -0.15) is 0 Å². The van der Waals surface area contributed by atoms with Crippen LogP contribution in [0.2, 0.25) is 0 Å². The van der Waals surface area contributed by atoms with Gasteiger partial charge in [0.25, 0.3) is 0 Å². The molecule has 6 aliphatic rings. The van der Waals surface area contributed by atoms with Crippen molar-refractivity contribution in [3.63, 3.8) is 0 Å². The minimum atomic E-state index is -1.31. The first-order valence-corrected chi connectivity index (χ1v) is 33.5. The van der Waals surface area contributed by atoms with E-state index in [1.807, 2.05) is 27.7 Å². The Balaban J connectivity index is 0.914. The van der Waals surface area contributed by atoms with Gasteiger partial charge in [0.15, 0.2) is 0 Å². The maximum Gasteiger partial charge on any atom is 0.326 e. The third-order valence-corrected chi connectivity index (χ3v) is 19.1. The lowest BCUT2D eigenvalue weighted by Gasteiger charge is -2.35. The molecule has 29 nitrogen and oxygen atoms in total. The summed E-state index contributed by atoms with van der Waals surface area (Å²) in [5.41, 5.74) is 7.20. The number of carboxylic acid groups (broad SMARTS) is 1. The predicted molar refractivity (Wildman–Crippen MR) is 337 cm³/mol. The van der Waals surface area contributed by atoms with E-state index in [0.717, 1.165) is 0 Å². The Morgan fingerprint density at radius 3 is 1.14 bits per heavy atom. The van der Waals surface area contributed by atoms with Gasteiger partial charge in [-0.25, -0.2) is 14.8 Å². The standard InChI is InChI=1S/C64H98N16O13/c1-35(2)27-43(72-53(81)41(29-39-31-66-33-68-39)70-56(84)51(65)37(5)6)58(86)76-22-10-16-46(76)61(89)78-24-12-18-48(78)60(88)75-21-9-15-45(75)55(83)74-52(38(7)8)57(85)71-42(30-40-32-67-34-69-40)54(82)73-44(28-36(3)4)59(87)77-23-11-17-47(77)62(90)79-25-13-19-49(79)63(91)80-26-14-20-50(80)64(92)93/h31-38,41-52H,9-30,65H2,1-8H3,(H,66,68)(H,67,69)(H,70,84)(H,71,85)(H,72,81)(H,73,82)(H,74,83)(H,92,93)/t41-,42-,43-,44-,45-,46-,47-,48-,49-,50-,51-,52-/m0/s1. The van der Waals surface area contributed by atoms with Crippen LogP contribution < -0.4 is 32.3 Å². The molecule has 0 aliphatic carbocycles. The summed E-state index contributed by atoms with van der Waals surface area (Å²) in [5.74, 6) is -7.90. The fraction of sp³-hybridized carbons (Fsp3) is 0.719. The number of aromatic nitrogens is 4. The smallest absolute Gasteiger partial charge is 0.326 e. The van der Waals surface area contributed by atoms with Crippen molar-refractivity contribution < 1.29 is 62.6 Å². The van der Waals surface area contributed by atoms with Crippen LogP contribution in [0.4, 0.5) is 0 Å². The van der Waals surface area contributed by atoms with Crippen LogP contribution in [0.25, 0.3) is 0 Å². The minimum Gasteiger partial charge on any atom is -0.480 e. The number of hydrogen-bond donors (Lipinski definition) is 9. The molecule has 6 saturated heterocycles. The average Bonchev–Trinajstić information content (AvgIpc) is 1.70. The predicted octanol–water partition coefficient (Wildman–Crippen LogP) is 0.104. The Morgan fingerprint density at radius 1 is 0.452 bits per heavy atom.